The van der Waals surface area contributed by atoms with Gasteiger partial charge in [-0.2, -0.15) is 0 Å². The summed E-state index contributed by atoms with van der Waals surface area (Å²) in [6.45, 7) is 4.98. The summed E-state index contributed by atoms with van der Waals surface area (Å²) < 4.78 is 5.57. The number of aliphatic carboxylic acids is 1. The molecule has 1 rings (SSSR count). The number of carboxylic acids is 1. The Bertz CT molecular complexity index is 311. The van der Waals surface area contributed by atoms with Crippen molar-refractivity contribution in [3.8, 4) is 0 Å². The molecular weight excluding hydrogens is 258 g/mol. The smallest absolute Gasteiger partial charge is 0.308 e. The van der Waals surface area contributed by atoms with E-state index in [1.54, 1.807) is 0 Å². The molecule has 5 heteroatoms. The molecule has 116 valence electrons. The Labute approximate surface area is 121 Å². The maximum Gasteiger partial charge on any atom is 0.308 e. The van der Waals surface area contributed by atoms with Crippen LogP contribution in [0, 0.1) is 11.8 Å². The average Bonchev–Trinajstić information content (AvgIpc) is 2.41. The Morgan fingerprint density at radius 2 is 2.10 bits per heavy atom. The Hall–Kier alpha value is -1.10. The number of carbonyl (C=O) groups excluding carboxylic acids is 1. The molecule has 0 aromatic heterocycles. The summed E-state index contributed by atoms with van der Waals surface area (Å²) in [4.78, 5) is 22.8. The zero-order valence-electron chi connectivity index (χ0n) is 12.6. The van der Waals surface area contributed by atoms with Crippen LogP contribution in [0.25, 0.3) is 0 Å². The molecule has 1 aliphatic heterocycles. The molecule has 0 spiro atoms. The minimum absolute atomic E-state index is 0.0748. The van der Waals surface area contributed by atoms with Gasteiger partial charge in [-0.1, -0.05) is 13.8 Å². The van der Waals surface area contributed by atoms with Crippen molar-refractivity contribution in [1.29, 1.82) is 0 Å². The van der Waals surface area contributed by atoms with Gasteiger partial charge in [0.05, 0.1) is 12.0 Å². The summed E-state index contributed by atoms with van der Waals surface area (Å²) in [5.41, 5.74) is 0. The molecule has 20 heavy (non-hydrogen) atoms. The minimum Gasteiger partial charge on any atom is -0.481 e. The number of rotatable bonds is 8. The van der Waals surface area contributed by atoms with Crippen LogP contribution in [0.2, 0.25) is 0 Å². The molecule has 1 fully saturated rings. The van der Waals surface area contributed by atoms with Crippen molar-refractivity contribution in [3.63, 3.8) is 0 Å². The second kappa shape index (κ2) is 8.95. The number of carboxylic acid groups (broad SMARTS) is 1. The van der Waals surface area contributed by atoms with Crippen molar-refractivity contribution in [2.75, 3.05) is 13.2 Å². The molecule has 0 aliphatic carbocycles. The number of nitrogens with one attached hydrogen (secondary N) is 1. The summed E-state index contributed by atoms with van der Waals surface area (Å²) in [5, 5.41) is 11.8. The lowest BCUT2D eigenvalue weighted by molar-refractivity contribution is -0.142. The van der Waals surface area contributed by atoms with Gasteiger partial charge >= 0.3 is 5.97 Å². The lowest BCUT2D eigenvalue weighted by atomic mass is 9.97. The summed E-state index contributed by atoms with van der Waals surface area (Å²) in [6, 6.07) is 0. The Balaban J connectivity index is 2.21. The zero-order chi connectivity index (χ0) is 15.0. The Morgan fingerprint density at radius 3 is 2.65 bits per heavy atom. The minimum atomic E-state index is -0.838. The number of carbonyl (C=O) groups is 2. The third-order valence-electron chi connectivity index (χ3n) is 3.62. The first-order valence-corrected chi connectivity index (χ1v) is 7.60. The van der Waals surface area contributed by atoms with Gasteiger partial charge in [-0.15, -0.1) is 0 Å². The number of hydrogen-bond donors (Lipinski definition) is 2. The molecule has 0 radical (unpaired) electrons. The molecule has 0 saturated carbocycles. The lowest BCUT2D eigenvalue weighted by Crippen LogP contribution is -2.34. The van der Waals surface area contributed by atoms with Crippen LogP contribution in [-0.2, 0) is 14.3 Å². The van der Waals surface area contributed by atoms with Crippen molar-refractivity contribution in [2.24, 2.45) is 11.8 Å². The van der Waals surface area contributed by atoms with Gasteiger partial charge in [0, 0.05) is 19.6 Å². The molecule has 2 atom stereocenters. The van der Waals surface area contributed by atoms with Crippen LogP contribution in [-0.4, -0.2) is 36.2 Å². The summed E-state index contributed by atoms with van der Waals surface area (Å²) >= 11 is 0. The van der Waals surface area contributed by atoms with E-state index in [1.165, 1.54) is 6.42 Å². The molecule has 1 heterocycles. The molecule has 2 N–H and O–H groups in total. The molecule has 0 bridgehead atoms. The summed E-state index contributed by atoms with van der Waals surface area (Å²) in [7, 11) is 0. The highest BCUT2D eigenvalue weighted by molar-refractivity contribution is 5.77. The fourth-order valence-corrected chi connectivity index (χ4v) is 2.49. The fourth-order valence-electron chi connectivity index (χ4n) is 2.49. The molecule has 0 aromatic rings. The molecular formula is C15H27NO4. The average molecular weight is 285 g/mol. The third kappa shape index (κ3) is 6.89. The van der Waals surface area contributed by atoms with E-state index in [9.17, 15) is 9.59 Å². The van der Waals surface area contributed by atoms with Crippen molar-refractivity contribution in [3.05, 3.63) is 0 Å². The lowest BCUT2D eigenvalue weighted by Gasteiger charge is -2.22. The van der Waals surface area contributed by atoms with E-state index in [4.69, 9.17) is 9.84 Å². The Morgan fingerprint density at radius 1 is 1.35 bits per heavy atom. The normalized spacial score (nSPS) is 20.6. The van der Waals surface area contributed by atoms with Crippen LogP contribution < -0.4 is 5.32 Å². The highest BCUT2D eigenvalue weighted by Crippen LogP contribution is 2.17. The van der Waals surface area contributed by atoms with E-state index < -0.39 is 11.9 Å². The maximum atomic E-state index is 11.7. The van der Waals surface area contributed by atoms with E-state index in [0.717, 1.165) is 25.9 Å². The highest BCUT2D eigenvalue weighted by Gasteiger charge is 2.20. The van der Waals surface area contributed by atoms with Gasteiger partial charge in [-0.25, -0.2) is 0 Å². The second-order valence-corrected chi connectivity index (χ2v) is 6.00. The number of ether oxygens (including phenoxy) is 1. The monoisotopic (exact) mass is 285 g/mol. The van der Waals surface area contributed by atoms with Gasteiger partial charge in [0.25, 0.3) is 0 Å². The number of amides is 1. The van der Waals surface area contributed by atoms with Crippen LogP contribution in [0.1, 0.15) is 52.4 Å². The standard InChI is InChI=1S/C15H27NO4/c1-11(2)9-12(15(18)19)10-16-14(17)7-6-13-5-3-4-8-20-13/h11-13H,3-10H2,1-2H3,(H,16,17)(H,18,19). The van der Waals surface area contributed by atoms with Gasteiger partial charge in [0.15, 0.2) is 0 Å². The summed E-state index contributed by atoms with van der Waals surface area (Å²) in [6.07, 6.45) is 5.23. The second-order valence-electron chi connectivity index (χ2n) is 6.00. The van der Waals surface area contributed by atoms with Crippen LogP contribution in [0.3, 0.4) is 0 Å². The van der Waals surface area contributed by atoms with Crippen molar-refractivity contribution < 1.29 is 19.4 Å². The molecule has 1 aliphatic rings. The van der Waals surface area contributed by atoms with Gasteiger partial charge in [0.1, 0.15) is 0 Å². The van der Waals surface area contributed by atoms with Crippen LogP contribution in [0.5, 0.6) is 0 Å². The zero-order valence-corrected chi connectivity index (χ0v) is 12.6. The van der Waals surface area contributed by atoms with E-state index in [1.807, 2.05) is 13.8 Å². The SMILES string of the molecule is CC(C)CC(CNC(=O)CCC1CCCCO1)C(=O)O. The van der Waals surface area contributed by atoms with Crippen LogP contribution in [0.4, 0.5) is 0 Å². The fraction of sp³-hybridized carbons (Fsp3) is 0.867. The van der Waals surface area contributed by atoms with Crippen LogP contribution >= 0.6 is 0 Å². The predicted molar refractivity (Wildman–Crippen MR) is 76.4 cm³/mol. The largest absolute Gasteiger partial charge is 0.481 e. The predicted octanol–water partition coefficient (Wildman–Crippen LogP) is 2.20. The van der Waals surface area contributed by atoms with E-state index >= 15 is 0 Å². The van der Waals surface area contributed by atoms with Gasteiger partial charge in [-0.3, -0.25) is 9.59 Å². The molecule has 1 amide bonds. The van der Waals surface area contributed by atoms with Crippen LogP contribution in [0.15, 0.2) is 0 Å². The first kappa shape index (κ1) is 17.0. The van der Waals surface area contributed by atoms with E-state index in [0.29, 0.717) is 18.8 Å². The summed E-state index contributed by atoms with van der Waals surface area (Å²) in [5.74, 6) is -1.10. The number of hydrogen-bond acceptors (Lipinski definition) is 3. The maximum absolute atomic E-state index is 11.7. The molecule has 1 saturated heterocycles. The molecule has 2 unspecified atom stereocenters. The molecule has 0 aromatic carbocycles. The Kier molecular flexibility index (Phi) is 7.59. The van der Waals surface area contributed by atoms with Crippen molar-refractivity contribution in [2.45, 2.75) is 58.5 Å². The van der Waals surface area contributed by atoms with E-state index in [-0.39, 0.29) is 18.6 Å². The van der Waals surface area contributed by atoms with Gasteiger partial charge < -0.3 is 15.2 Å². The highest BCUT2D eigenvalue weighted by atomic mass is 16.5. The van der Waals surface area contributed by atoms with Gasteiger partial charge in [0.2, 0.25) is 5.91 Å². The van der Waals surface area contributed by atoms with Crippen molar-refractivity contribution >= 4 is 11.9 Å². The van der Waals surface area contributed by atoms with Crippen molar-refractivity contribution in [1.82, 2.24) is 5.32 Å². The quantitative estimate of drug-likeness (QED) is 0.717. The first-order chi connectivity index (χ1) is 9.49. The third-order valence-corrected chi connectivity index (χ3v) is 3.62. The van der Waals surface area contributed by atoms with Gasteiger partial charge in [-0.05, 0) is 38.0 Å². The first-order valence-electron chi connectivity index (χ1n) is 7.60. The van der Waals surface area contributed by atoms with E-state index in [2.05, 4.69) is 5.32 Å². The molecule has 5 nitrogen and oxygen atoms in total. The topological polar surface area (TPSA) is 75.6 Å².